The zero-order chi connectivity index (χ0) is 40.0. The number of aliphatic hydroxyl groups is 1. The highest BCUT2D eigenvalue weighted by atomic mass is 16.6. The van der Waals surface area contributed by atoms with Gasteiger partial charge in [-0.25, -0.2) is 4.79 Å². The number of hydrogen-bond donors (Lipinski definition) is 5. The van der Waals surface area contributed by atoms with E-state index in [-0.39, 0.29) is 24.0 Å². The number of nitrogens with one attached hydrogen (secondary N) is 3. The maximum absolute atomic E-state index is 13.3. The van der Waals surface area contributed by atoms with Gasteiger partial charge in [-0.1, -0.05) is 78.9 Å². The molecule has 6 aromatic rings. The van der Waals surface area contributed by atoms with Crippen molar-refractivity contribution in [3.05, 3.63) is 159 Å². The largest absolute Gasteiger partial charge is 0.506 e. The summed E-state index contributed by atoms with van der Waals surface area (Å²) in [5.41, 5.74) is 6.34. The minimum Gasteiger partial charge on any atom is -0.506 e. The van der Waals surface area contributed by atoms with Crippen LogP contribution < -0.4 is 25.7 Å². The molecule has 3 aliphatic heterocycles. The number of benzene rings is 5. The van der Waals surface area contributed by atoms with Gasteiger partial charge in [0, 0.05) is 36.7 Å². The molecule has 298 valence electrons. The van der Waals surface area contributed by atoms with E-state index in [1.54, 1.807) is 19.2 Å². The van der Waals surface area contributed by atoms with Crippen LogP contribution in [0.1, 0.15) is 52.8 Å². The number of aliphatic hydroxyl groups excluding tert-OH is 1. The molecule has 0 saturated carbocycles. The topological polar surface area (TPSA) is 145 Å². The minimum absolute atomic E-state index is 0.0470. The van der Waals surface area contributed by atoms with E-state index in [1.807, 2.05) is 91.0 Å². The number of carbonyl (C=O) groups is 1. The standard InChI is InChI=1S/C47H48N4O7/c1-56-42-18-12-31(26-48-27-41(53)37-15-17-40(52)46-38(37)16-19-44(54)49-46)24-39(42)32-13-10-30(11-14-32)29-57-36-9-5-8-35(25-36)45(34-6-3-2-4-7-34)50-47(55)58-43-28-51-22-20-33(43)21-23-51/h2-19,24-25,33,41,43,45,48,52-53H,20-23,26-29H2,1H3,(H,49,54)(H,50,55). The molecule has 4 heterocycles. The monoisotopic (exact) mass is 780 g/mol. The van der Waals surface area contributed by atoms with Crippen LogP contribution in [0.5, 0.6) is 17.2 Å². The molecule has 9 rings (SSSR count). The number of piperidine rings is 3. The van der Waals surface area contributed by atoms with Crippen LogP contribution >= 0.6 is 0 Å². The maximum Gasteiger partial charge on any atom is 0.408 e. The van der Waals surface area contributed by atoms with Crippen LogP contribution in [0.3, 0.4) is 0 Å². The molecule has 3 saturated heterocycles. The number of carbonyl (C=O) groups excluding carboxylic acids is 1. The van der Waals surface area contributed by atoms with E-state index in [2.05, 4.69) is 26.6 Å². The summed E-state index contributed by atoms with van der Waals surface area (Å²) < 4.78 is 18.0. The number of hydrogen-bond acceptors (Lipinski definition) is 9. The van der Waals surface area contributed by atoms with E-state index < -0.39 is 18.2 Å². The lowest BCUT2D eigenvalue weighted by Gasteiger charge is -2.43. The number of H-pyrrole nitrogens is 1. The number of alkyl carbamates (subject to hydrolysis) is 1. The lowest BCUT2D eigenvalue weighted by Crippen LogP contribution is -2.52. The average molecular weight is 781 g/mol. The van der Waals surface area contributed by atoms with Crippen molar-refractivity contribution in [1.82, 2.24) is 20.5 Å². The van der Waals surface area contributed by atoms with E-state index in [4.69, 9.17) is 14.2 Å². The molecule has 3 atom stereocenters. The first kappa shape index (κ1) is 38.7. The third kappa shape index (κ3) is 8.87. The molecule has 1 aromatic heterocycles. The summed E-state index contributed by atoms with van der Waals surface area (Å²) in [6.07, 6.45) is 0.793. The number of methoxy groups -OCH3 is 1. The number of amides is 1. The molecular formula is C47H48N4O7. The molecular weight excluding hydrogens is 733 g/mol. The molecule has 11 heteroatoms. The highest BCUT2D eigenvalue weighted by molar-refractivity contribution is 5.87. The Kier molecular flexibility index (Phi) is 11.7. The van der Waals surface area contributed by atoms with Crippen molar-refractivity contribution in [3.8, 4) is 28.4 Å². The molecule has 1 amide bonds. The molecule has 11 nitrogen and oxygen atoms in total. The SMILES string of the molecule is COc1ccc(CNCC(O)c2ccc(O)c3[nH]c(=O)ccc23)cc1-c1ccc(COc2cccc(C(NC(=O)OC3CN4CCC3CC4)c3ccccc3)c2)cc1. The van der Waals surface area contributed by atoms with Crippen LogP contribution in [0.25, 0.3) is 22.0 Å². The van der Waals surface area contributed by atoms with Crippen LogP contribution in [0, 0.1) is 5.92 Å². The summed E-state index contributed by atoms with van der Waals surface area (Å²) in [7, 11) is 1.65. The highest BCUT2D eigenvalue weighted by Crippen LogP contribution is 2.34. The van der Waals surface area contributed by atoms with Crippen LogP contribution in [-0.4, -0.2) is 65.6 Å². The lowest BCUT2D eigenvalue weighted by atomic mass is 9.86. The Labute approximate surface area is 337 Å². The molecule has 0 spiro atoms. The smallest absolute Gasteiger partial charge is 0.408 e. The van der Waals surface area contributed by atoms with Gasteiger partial charge in [-0.2, -0.15) is 0 Å². The van der Waals surface area contributed by atoms with Gasteiger partial charge >= 0.3 is 6.09 Å². The van der Waals surface area contributed by atoms with Gasteiger partial charge < -0.3 is 40.0 Å². The van der Waals surface area contributed by atoms with Gasteiger partial charge in [0.25, 0.3) is 0 Å². The van der Waals surface area contributed by atoms with E-state index in [9.17, 15) is 19.8 Å². The molecule has 5 aromatic carbocycles. The Morgan fingerprint density at radius 2 is 1.66 bits per heavy atom. The normalized spacial score (nSPS) is 18.3. The molecule has 3 unspecified atom stereocenters. The van der Waals surface area contributed by atoms with Gasteiger partial charge in [-0.3, -0.25) is 9.69 Å². The summed E-state index contributed by atoms with van der Waals surface area (Å²) in [6.45, 7) is 4.07. The molecule has 0 radical (unpaired) electrons. The summed E-state index contributed by atoms with van der Waals surface area (Å²) in [5.74, 6) is 1.81. The molecule has 58 heavy (non-hydrogen) atoms. The Bertz CT molecular complexity index is 2410. The fourth-order valence-electron chi connectivity index (χ4n) is 8.17. The lowest BCUT2D eigenvalue weighted by molar-refractivity contribution is -0.0336. The molecule has 5 N–H and O–H groups in total. The number of ether oxygens (including phenoxy) is 3. The number of pyridine rings is 1. The third-order valence-electron chi connectivity index (χ3n) is 11.3. The van der Waals surface area contributed by atoms with Crippen LogP contribution in [0.2, 0.25) is 0 Å². The number of aromatic hydroxyl groups is 1. The summed E-state index contributed by atoms with van der Waals surface area (Å²) in [4.78, 5) is 30.1. The zero-order valence-electron chi connectivity index (χ0n) is 32.4. The quantitative estimate of drug-likeness (QED) is 0.0774. The zero-order valence-corrected chi connectivity index (χ0v) is 32.4. The second-order valence-corrected chi connectivity index (χ2v) is 15.1. The van der Waals surface area contributed by atoms with Crippen molar-refractivity contribution >= 4 is 17.0 Å². The number of phenols is 1. The minimum atomic E-state index is -0.866. The summed E-state index contributed by atoms with van der Waals surface area (Å²) >= 11 is 0. The number of fused-ring (bicyclic) bond motifs is 4. The van der Waals surface area contributed by atoms with Gasteiger partial charge in [0.05, 0.1) is 24.8 Å². The first-order chi connectivity index (χ1) is 28.3. The van der Waals surface area contributed by atoms with Crippen LogP contribution in [-0.2, 0) is 17.9 Å². The van der Waals surface area contributed by atoms with E-state index in [0.717, 1.165) is 71.6 Å². The van der Waals surface area contributed by atoms with Gasteiger partial charge in [0.15, 0.2) is 0 Å². The number of nitrogens with zero attached hydrogens (tertiary/aromatic N) is 1. The first-order valence-electron chi connectivity index (χ1n) is 19.8. The average Bonchev–Trinajstić information content (AvgIpc) is 3.26. The van der Waals surface area contributed by atoms with Crippen molar-refractivity contribution in [1.29, 1.82) is 0 Å². The van der Waals surface area contributed by atoms with Crippen molar-refractivity contribution in [3.63, 3.8) is 0 Å². The maximum atomic E-state index is 13.3. The van der Waals surface area contributed by atoms with Crippen molar-refractivity contribution in [2.45, 2.75) is 44.2 Å². The number of rotatable bonds is 14. The van der Waals surface area contributed by atoms with Gasteiger partial charge in [0.1, 0.15) is 30.0 Å². The number of aromatic amines is 1. The Morgan fingerprint density at radius 3 is 2.41 bits per heavy atom. The fraction of sp³-hybridized carbons (Fsp3) is 0.277. The predicted molar refractivity (Wildman–Crippen MR) is 223 cm³/mol. The number of aromatic nitrogens is 1. The number of phenolic OH excluding ortho intramolecular Hbond substituents is 1. The molecule has 2 bridgehead atoms. The summed E-state index contributed by atoms with van der Waals surface area (Å²) in [6, 6.07) is 37.6. The van der Waals surface area contributed by atoms with Crippen molar-refractivity contribution in [2.75, 3.05) is 33.3 Å². The van der Waals surface area contributed by atoms with Crippen molar-refractivity contribution in [2.24, 2.45) is 5.92 Å². The second-order valence-electron chi connectivity index (χ2n) is 15.1. The molecule has 0 aliphatic carbocycles. The van der Waals surface area contributed by atoms with Crippen LogP contribution in [0.15, 0.2) is 126 Å². The van der Waals surface area contributed by atoms with Gasteiger partial charge in [-0.05, 0) is 102 Å². The van der Waals surface area contributed by atoms with Crippen LogP contribution in [0.4, 0.5) is 4.79 Å². The Morgan fingerprint density at radius 1 is 0.879 bits per heavy atom. The Balaban J connectivity index is 0.899. The second kappa shape index (κ2) is 17.6. The van der Waals surface area contributed by atoms with E-state index in [1.165, 1.54) is 12.1 Å². The van der Waals surface area contributed by atoms with E-state index >= 15 is 0 Å². The highest BCUT2D eigenvalue weighted by Gasteiger charge is 2.37. The van der Waals surface area contributed by atoms with Gasteiger partial charge in [0.2, 0.25) is 5.56 Å². The van der Waals surface area contributed by atoms with E-state index in [0.29, 0.717) is 41.3 Å². The van der Waals surface area contributed by atoms with Crippen molar-refractivity contribution < 1.29 is 29.2 Å². The Hall–Kier alpha value is -6.14. The molecule has 3 aliphatic rings. The van der Waals surface area contributed by atoms with Gasteiger partial charge in [-0.15, -0.1) is 0 Å². The predicted octanol–water partition coefficient (Wildman–Crippen LogP) is 7.22. The molecule has 3 fully saturated rings. The third-order valence-corrected chi connectivity index (χ3v) is 11.3. The summed E-state index contributed by atoms with van der Waals surface area (Å²) in [5, 5.41) is 28.3. The fourth-order valence-corrected chi connectivity index (χ4v) is 8.17. The first-order valence-corrected chi connectivity index (χ1v) is 19.8.